The van der Waals surface area contributed by atoms with E-state index in [2.05, 4.69) is 10.1 Å². The fourth-order valence-corrected chi connectivity index (χ4v) is 4.14. The fraction of sp³-hybridized carbons (Fsp3) is 0.364. The number of carbonyl (C=O) groups is 1. The maximum Gasteiger partial charge on any atom is 0.254 e. The van der Waals surface area contributed by atoms with E-state index in [0.29, 0.717) is 24.7 Å². The lowest BCUT2D eigenvalue weighted by Gasteiger charge is -2.33. The second-order valence-corrected chi connectivity index (χ2v) is 7.62. The van der Waals surface area contributed by atoms with E-state index in [1.165, 1.54) is 12.1 Å². The molecule has 2 heterocycles. The Hall–Kier alpha value is -2.73. The Bertz CT molecular complexity index is 874. The molecule has 146 valence electrons. The maximum absolute atomic E-state index is 13.1. The van der Waals surface area contributed by atoms with Crippen molar-refractivity contribution in [3.05, 3.63) is 71.0 Å². The fourth-order valence-electron chi connectivity index (χ4n) is 4.14. The van der Waals surface area contributed by atoms with Gasteiger partial charge in [-0.25, -0.2) is 4.39 Å². The van der Waals surface area contributed by atoms with Gasteiger partial charge in [-0.2, -0.15) is 0 Å². The quantitative estimate of drug-likeness (QED) is 0.491. The standard InChI is InChI=1S/C22H24FN3O2/c23-19-7-5-17(6-8-19)21(24-28)15-25-11-9-16(10-12-25)13-26-14-18-3-1-2-4-20(18)22(26)27/h1-8,16,28H,9-15H2/b24-21+. The summed E-state index contributed by atoms with van der Waals surface area (Å²) in [6.45, 7) is 3.81. The SMILES string of the molecule is O=C1c2ccccc2CN1CC1CCN(C/C(=N\O)c2ccc(F)cc2)CC1. The van der Waals surface area contributed by atoms with Crippen molar-refractivity contribution in [3.63, 3.8) is 0 Å². The number of rotatable bonds is 5. The number of fused-ring (bicyclic) bond motifs is 1. The molecule has 0 aromatic heterocycles. The van der Waals surface area contributed by atoms with E-state index in [4.69, 9.17) is 0 Å². The molecule has 0 unspecified atom stereocenters. The van der Waals surface area contributed by atoms with Crippen LogP contribution in [0.3, 0.4) is 0 Å². The average Bonchev–Trinajstić information content (AvgIpc) is 3.04. The number of amides is 1. The van der Waals surface area contributed by atoms with Crippen LogP contribution in [0.4, 0.5) is 4.39 Å². The van der Waals surface area contributed by atoms with Crippen LogP contribution in [0.25, 0.3) is 0 Å². The van der Waals surface area contributed by atoms with Gasteiger partial charge in [0.2, 0.25) is 0 Å². The summed E-state index contributed by atoms with van der Waals surface area (Å²) in [5, 5.41) is 12.8. The second-order valence-electron chi connectivity index (χ2n) is 7.62. The lowest BCUT2D eigenvalue weighted by Crippen LogP contribution is -2.41. The van der Waals surface area contributed by atoms with Crippen LogP contribution in [0.1, 0.15) is 34.3 Å². The van der Waals surface area contributed by atoms with E-state index < -0.39 is 0 Å². The lowest BCUT2D eigenvalue weighted by atomic mass is 9.95. The minimum atomic E-state index is -0.305. The third kappa shape index (κ3) is 3.92. The summed E-state index contributed by atoms with van der Waals surface area (Å²) in [6.07, 6.45) is 2.00. The van der Waals surface area contributed by atoms with Gasteiger partial charge in [0, 0.05) is 30.8 Å². The van der Waals surface area contributed by atoms with Gasteiger partial charge in [-0.15, -0.1) is 0 Å². The molecule has 1 amide bonds. The molecule has 1 fully saturated rings. The first-order chi connectivity index (χ1) is 13.6. The number of halogens is 1. The van der Waals surface area contributed by atoms with Gasteiger partial charge in [0.15, 0.2) is 0 Å². The zero-order chi connectivity index (χ0) is 19.5. The number of carbonyl (C=O) groups excluding carboxylic acids is 1. The monoisotopic (exact) mass is 381 g/mol. The van der Waals surface area contributed by atoms with Crippen molar-refractivity contribution in [1.29, 1.82) is 0 Å². The third-order valence-electron chi connectivity index (χ3n) is 5.75. The zero-order valence-electron chi connectivity index (χ0n) is 15.7. The third-order valence-corrected chi connectivity index (χ3v) is 5.75. The lowest BCUT2D eigenvalue weighted by molar-refractivity contribution is 0.0719. The molecule has 0 bridgehead atoms. The van der Waals surface area contributed by atoms with Gasteiger partial charge in [0.25, 0.3) is 5.91 Å². The zero-order valence-corrected chi connectivity index (χ0v) is 15.7. The first kappa shape index (κ1) is 18.6. The molecule has 0 aliphatic carbocycles. The second kappa shape index (κ2) is 8.10. The summed E-state index contributed by atoms with van der Waals surface area (Å²) in [4.78, 5) is 16.8. The van der Waals surface area contributed by atoms with E-state index in [-0.39, 0.29) is 11.7 Å². The number of piperidine rings is 1. The van der Waals surface area contributed by atoms with Gasteiger partial charge in [-0.1, -0.05) is 35.5 Å². The molecule has 6 heteroatoms. The highest BCUT2D eigenvalue weighted by Gasteiger charge is 2.30. The summed E-state index contributed by atoms with van der Waals surface area (Å²) in [5.74, 6) is 0.319. The number of nitrogens with zero attached hydrogens (tertiary/aromatic N) is 3. The van der Waals surface area contributed by atoms with E-state index in [9.17, 15) is 14.4 Å². The predicted molar refractivity (Wildman–Crippen MR) is 105 cm³/mol. The van der Waals surface area contributed by atoms with Crippen molar-refractivity contribution >= 4 is 11.6 Å². The van der Waals surface area contributed by atoms with Crippen LogP contribution in [-0.2, 0) is 6.54 Å². The largest absolute Gasteiger partial charge is 0.411 e. The predicted octanol–water partition coefficient (Wildman–Crippen LogP) is 3.37. The molecule has 2 aliphatic heterocycles. The molecule has 5 nitrogen and oxygen atoms in total. The van der Waals surface area contributed by atoms with Gasteiger partial charge in [-0.3, -0.25) is 9.69 Å². The van der Waals surface area contributed by atoms with Gasteiger partial charge in [-0.05, 0) is 55.6 Å². The Morgan fingerprint density at radius 3 is 2.50 bits per heavy atom. The average molecular weight is 381 g/mol. The Morgan fingerprint density at radius 2 is 1.82 bits per heavy atom. The molecule has 0 radical (unpaired) electrons. The Morgan fingerprint density at radius 1 is 1.11 bits per heavy atom. The molecule has 4 rings (SSSR count). The molecular formula is C22H24FN3O2. The first-order valence-corrected chi connectivity index (χ1v) is 9.70. The van der Waals surface area contributed by atoms with Crippen molar-refractivity contribution in [3.8, 4) is 0 Å². The van der Waals surface area contributed by atoms with Gasteiger partial charge < -0.3 is 10.1 Å². The van der Waals surface area contributed by atoms with E-state index in [1.54, 1.807) is 12.1 Å². The number of hydrogen-bond donors (Lipinski definition) is 1. The normalized spacial score (nSPS) is 18.5. The molecule has 28 heavy (non-hydrogen) atoms. The van der Waals surface area contributed by atoms with E-state index >= 15 is 0 Å². The maximum atomic E-state index is 13.1. The van der Waals surface area contributed by atoms with Crippen molar-refractivity contribution in [2.75, 3.05) is 26.2 Å². The van der Waals surface area contributed by atoms with E-state index in [0.717, 1.165) is 49.2 Å². The van der Waals surface area contributed by atoms with E-state index in [1.807, 2.05) is 29.2 Å². The summed E-state index contributed by atoms with van der Waals surface area (Å²) in [5.41, 5.74) is 3.23. The van der Waals surface area contributed by atoms with Crippen molar-refractivity contribution in [1.82, 2.24) is 9.80 Å². The van der Waals surface area contributed by atoms with Crippen LogP contribution in [0.15, 0.2) is 53.7 Å². The summed E-state index contributed by atoms with van der Waals surface area (Å²) < 4.78 is 13.1. The molecule has 1 N–H and O–H groups in total. The molecule has 2 aliphatic rings. The molecule has 0 spiro atoms. The molecule has 1 saturated heterocycles. The molecular weight excluding hydrogens is 357 g/mol. The van der Waals surface area contributed by atoms with Gasteiger partial charge >= 0.3 is 0 Å². The summed E-state index contributed by atoms with van der Waals surface area (Å²) >= 11 is 0. The first-order valence-electron chi connectivity index (χ1n) is 9.70. The summed E-state index contributed by atoms with van der Waals surface area (Å²) in [6, 6.07) is 13.8. The molecule has 0 atom stereocenters. The van der Waals surface area contributed by atoms with Crippen LogP contribution in [0, 0.1) is 11.7 Å². The number of likely N-dealkylation sites (tertiary alicyclic amines) is 1. The van der Waals surface area contributed by atoms with Crippen molar-refractivity contribution in [2.24, 2.45) is 11.1 Å². The Balaban J connectivity index is 1.29. The van der Waals surface area contributed by atoms with Gasteiger partial charge in [0.1, 0.15) is 11.5 Å². The van der Waals surface area contributed by atoms with Crippen LogP contribution in [-0.4, -0.2) is 52.8 Å². The molecule has 0 saturated carbocycles. The van der Waals surface area contributed by atoms with Crippen LogP contribution < -0.4 is 0 Å². The van der Waals surface area contributed by atoms with Gasteiger partial charge in [0.05, 0.1) is 0 Å². The number of oxime groups is 1. The highest BCUT2D eigenvalue weighted by Crippen LogP contribution is 2.26. The van der Waals surface area contributed by atoms with Crippen LogP contribution in [0.5, 0.6) is 0 Å². The Labute approximate surface area is 164 Å². The molecule has 2 aromatic rings. The highest BCUT2D eigenvalue weighted by atomic mass is 19.1. The Kier molecular flexibility index (Phi) is 5.39. The van der Waals surface area contributed by atoms with Crippen LogP contribution in [0.2, 0.25) is 0 Å². The van der Waals surface area contributed by atoms with Crippen molar-refractivity contribution in [2.45, 2.75) is 19.4 Å². The minimum absolute atomic E-state index is 0.143. The van der Waals surface area contributed by atoms with Crippen molar-refractivity contribution < 1.29 is 14.4 Å². The number of benzene rings is 2. The number of hydrogen-bond acceptors (Lipinski definition) is 4. The summed E-state index contributed by atoms with van der Waals surface area (Å²) in [7, 11) is 0. The van der Waals surface area contributed by atoms with Crippen LogP contribution >= 0.6 is 0 Å². The molecule has 2 aromatic carbocycles. The highest BCUT2D eigenvalue weighted by molar-refractivity contribution is 6.01. The topological polar surface area (TPSA) is 56.1 Å². The smallest absolute Gasteiger partial charge is 0.254 e. The minimum Gasteiger partial charge on any atom is -0.411 e.